The summed E-state index contributed by atoms with van der Waals surface area (Å²) in [7, 11) is 0. The molecule has 0 aliphatic carbocycles. The number of hydrogen-bond donors (Lipinski definition) is 2. The van der Waals surface area contributed by atoms with Gasteiger partial charge in [-0.15, -0.1) is 0 Å². The fourth-order valence-corrected chi connectivity index (χ4v) is 2.47. The summed E-state index contributed by atoms with van der Waals surface area (Å²) in [5.41, 5.74) is -0.192. The Hall–Kier alpha value is -1.26. The van der Waals surface area contributed by atoms with Gasteiger partial charge in [0, 0.05) is 13.1 Å². The number of rotatable bonds is 3. The Morgan fingerprint density at radius 2 is 1.80 bits per heavy atom. The van der Waals surface area contributed by atoms with Crippen LogP contribution in [-0.4, -0.2) is 41.1 Å². The first-order chi connectivity index (χ1) is 9.09. The first-order valence-corrected chi connectivity index (χ1v) is 7.37. The van der Waals surface area contributed by atoms with Crippen LogP contribution in [0.25, 0.3) is 0 Å². The number of hydrogen-bond acceptors (Lipinski definition) is 2. The van der Waals surface area contributed by atoms with Crippen molar-refractivity contribution in [2.75, 3.05) is 13.1 Å². The second-order valence-electron chi connectivity index (χ2n) is 7.24. The highest BCUT2D eigenvalue weighted by Gasteiger charge is 2.35. The van der Waals surface area contributed by atoms with Crippen LogP contribution >= 0.6 is 0 Å². The number of nitrogens with one attached hydrogen (secondary N) is 1. The van der Waals surface area contributed by atoms with E-state index in [-0.39, 0.29) is 6.03 Å². The van der Waals surface area contributed by atoms with Crippen LogP contribution in [0, 0.1) is 10.8 Å². The monoisotopic (exact) mass is 284 g/mol. The van der Waals surface area contributed by atoms with Gasteiger partial charge in [0.05, 0.1) is 0 Å². The van der Waals surface area contributed by atoms with Crippen LogP contribution in [-0.2, 0) is 4.79 Å². The lowest BCUT2D eigenvalue weighted by Crippen LogP contribution is -2.55. The Labute approximate surface area is 121 Å². The van der Waals surface area contributed by atoms with E-state index in [1.165, 1.54) is 0 Å². The molecule has 2 N–H and O–H groups in total. The highest BCUT2D eigenvalue weighted by molar-refractivity contribution is 5.83. The lowest BCUT2D eigenvalue weighted by atomic mass is 9.78. The molecule has 5 heteroatoms. The van der Waals surface area contributed by atoms with Crippen LogP contribution in [0.5, 0.6) is 0 Å². The van der Waals surface area contributed by atoms with Gasteiger partial charge in [-0.1, -0.05) is 41.0 Å². The van der Waals surface area contributed by atoms with E-state index in [0.717, 1.165) is 19.3 Å². The summed E-state index contributed by atoms with van der Waals surface area (Å²) in [4.78, 5) is 25.2. The van der Waals surface area contributed by atoms with E-state index >= 15 is 0 Å². The topological polar surface area (TPSA) is 69.6 Å². The second kappa shape index (κ2) is 6.02. The second-order valence-corrected chi connectivity index (χ2v) is 7.24. The largest absolute Gasteiger partial charge is 0.480 e. The van der Waals surface area contributed by atoms with Gasteiger partial charge < -0.3 is 15.3 Å². The Morgan fingerprint density at radius 1 is 1.30 bits per heavy atom. The molecule has 0 aromatic carbocycles. The van der Waals surface area contributed by atoms with Gasteiger partial charge in [0.2, 0.25) is 0 Å². The molecule has 0 aromatic heterocycles. The molecular formula is C15H28N2O3. The molecule has 0 saturated carbocycles. The van der Waals surface area contributed by atoms with Crippen molar-refractivity contribution in [2.45, 2.75) is 59.9 Å². The number of aliphatic carboxylic acids is 1. The van der Waals surface area contributed by atoms with Crippen molar-refractivity contribution in [3.05, 3.63) is 0 Å². The normalized spacial score (nSPS) is 20.4. The number of carboxylic acids is 1. The smallest absolute Gasteiger partial charge is 0.326 e. The SMILES string of the molecule is CCC1(C)CCN(C(=O)NC(C(=O)O)C(C)(C)C)CC1. The van der Waals surface area contributed by atoms with Gasteiger partial charge in [0.25, 0.3) is 0 Å². The van der Waals surface area contributed by atoms with Crippen molar-refractivity contribution in [2.24, 2.45) is 10.8 Å². The van der Waals surface area contributed by atoms with Crippen LogP contribution in [0.4, 0.5) is 4.79 Å². The minimum atomic E-state index is -0.985. The van der Waals surface area contributed by atoms with Crippen LogP contribution in [0.15, 0.2) is 0 Å². The van der Waals surface area contributed by atoms with Crippen molar-refractivity contribution in [1.82, 2.24) is 10.2 Å². The first-order valence-electron chi connectivity index (χ1n) is 7.37. The number of carbonyl (C=O) groups excluding carboxylic acids is 1. The molecule has 20 heavy (non-hydrogen) atoms. The third-order valence-electron chi connectivity index (χ3n) is 4.49. The van der Waals surface area contributed by atoms with Gasteiger partial charge >= 0.3 is 12.0 Å². The zero-order valence-corrected chi connectivity index (χ0v) is 13.3. The molecule has 1 aliphatic rings. The van der Waals surface area contributed by atoms with Crippen LogP contribution in [0.2, 0.25) is 0 Å². The molecule has 0 spiro atoms. The lowest BCUT2D eigenvalue weighted by Gasteiger charge is -2.39. The molecule has 116 valence electrons. The molecule has 0 aromatic rings. The van der Waals surface area contributed by atoms with Gasteiger partial charge in [-0.25, -0.2) is 9.59 Å². The average Bonchev–Trinajstić information content (AvgIpc) is 2.34. The average molecular weight is 284 g/mol. The van der Waals surface area contributed by atoms with E-state index in [2.05, 4.69) is 19.2 Å². The fourth-order valence-electron chi connectivity index (χ4n) is 2.47. The molecule has 5 nitrogen and oxygen atoms in total. The Bertz CT molecular complexity index is 366. The number of piperidine rings is 1. The van der Waals surface area contributed by atoms with Crippen molar-refractivity contribution >= 4 is 12.0 Å². The summed E-state index contributed by atoms with van der Waals surface area (Å²) < 4.78 is 0. The van der Waals surface area contributed by atoms with E-state index in [0.29, 0.717) is 18.5 Å². The summed E-state index contributed by atoms with van der Waals surface area (Å²) in [5, 5.41) is 11.9. The maximum atomic E-state index is 12.2. The van der Waals surface area contributed by atoms with E-state index in [1.807, 2.05) is 20.8 Å². The Balaban J connectivity index is 2.62. The zero-order valence-electron chi connectivity index (χ0n) is 13.3. The molecule has 1 aliphatic heterocycles. The van der Waals surface area contributed by atoms with Gasteiger partial charge in [-0.2, -0.15) is 0 Å². The van der Waals surface area contributed by atoms with Crippen molar-refractivity contribution in [3.63, 3.8) is 0 Å². The summed E-state index contributed by atoms with van der Waals surface area (Å²) in [6, 6.07) is -1.13. The maximum Gasteiger partial charge on any atom is 0.326 e. The first kappa shape index (κ1) is 16.8. The highest BCUT2D eigenvalue weighted by Crippen LogP contribution is 2.34. The van der Waals surface area contributed by atoms with Crippen LogP contribution < -0.4 is 5.32 Å². The van der Waals surface area contributed by atoms with Gasteiger partial charge in [-0.3, -0.25) is 0 Å². The number of nitrogens with zero attached hydrogens (tertiary/aromatic N) is 1. The van der Waals surface area contributed by atoms with E-state index in [4.69, 9.17) is 0 Å². The summed E-state index contributed by atoms with van der Waals surface area (Å²) in [6.45, 7) is 11.3. The molecular weight excluding hydrogens is 256 g/mol. The highest BCUT2D eigenvalue weighted by atomic mass is 16.4. The minimum absolute atomic E-state index is 0.259. The predicted octanol–water partition coefficient (Wildman–Crippen LogP) is 2.71. The molecule has 0 radical (unpaired) electrons. The summed E-state index contributed by atoms with van der Waals surface area (Å²) in [5.74, 6) is -0.985. The number of amides is 2. The summed E-state index contributed by atoms with van der Waals surface area (Å²) in [6.07, 6.45) is 3.07. The zero-order chi connectivity index (χ0) is 15.6. The van der Waals surface area contributed by atoms with E-state index in [1.54, 1.807) is 4.90 Å². The number of likely N-dealkylation sites (tertiary alicyclic amines) is 1. The molecule has 1 heterocycles. The van der Waals surface area contributed by atoms with Gasteiger partial charge in [0.1, 0.15) is 6.04 Å². The number of carboxylic acid groups (broad SMARTS) is 1. The van der Waals surface area contributed by atoms with Crippen LogP contribution in [0.1, 0.15) is 53.9 Å². The predicted molar refractivity (Wildman–Crippen MR) is 78.6 cm³/mol. The van der Waals surface area contributed by atoms with Crippen molar-refractivity contribution in [1.29, 1.82) is 0 Å². The van der Waals surface area contributed by atoms with E-state index in [9.17, 15) is 14.7 Å². The molecule has 1 atom stereocenters. The van der Waals surface area contributed by atoms with Crippen LogP contribution in [0.3, 0.4) is 0 Å². The third kappa shape index (κ3) is 4.12. The molecule has 2 amide bonds. The Morgan fingerprint density at radius 3 is 2.15 bits per heavy atom. The van der Waals surface area contributed by atoms with E-state index < -0.39 is 17.4 Å². The molecule has 1 saturated heterocycles. The number of urea groups is 1. The standard InChI is InChI=1S/C15H28N2O3/c1-6-15(5)7-9-17(10-8-15)13(20)16-11(12(18)19)14(2,3)4/h11H,6-10H2,1-5H3,(H,16,20)(H,18,19). The Kier molecular flexibility index (Phi) is 5.05. The van der Waals surface area contributed by atoms with Crippen molar-refractivity contribution in [3.8, 4) is 0 Å². The van der Waals surface area contributed by atoms with Gasteiger partial charge in [-0.05, 0) is 23.7 Å². The number of carbonyl (C=O) groups is 2. The molecule has 1 fully saturated rings. The third-order valence-corrected chi connectivity index (χ3v) is 4.49. The van der Waals surface area contributed by atoms with Crippen molar-refractivity contribution < 1.29 is 14.7 Å². The molecule has 1 rings (SSSR count). The summed E-state index contributed by atoms with van der Waals surface area (Å²) >= 11 is 0. The quantitative estimate of drug-likeness (QED) is 0.837. The van der Waals surface area contributed by atoms with Gasteiger partial charge in [0.15, 0.2) is 0 Å². The molecule has 1 unspecified atom stereocenters. The lowest BCUT2D eigenvalue weighted by molar-refractivity contribution is -0.142. The molecule has 0 bridgehead atoms. The minimum Gasteiger partial charge on any atom is -0.480 e. The fraction of sp³-hybridized carbons (Fsp3) is 0.867. The maximum absolute atomic E-state index is 12.2.